The smallest absolute Gasteiger partial charge is 0.149 e. The van der Waals surface area contributed by atoms with E-state index in [1.54, 1.807) is 23.7 Å². The van der Waals surface area contributed by atoms with Crippen LogP contribution in [-0.2, 0) is 0 Å². The zero-order valence-electron chi connectivity index (χ0n) is 8.01. The average Bonchev–Trinajstić information content (AvgIpc) is 2.70. The molecule has 2 rings (SSSR count). The summed E-state index contributed by atoms with van der Waals surface area (Å²) in [4.78, 5) is 12.2. The minimum absolute atomic E-state index is 0.109. The first-order valence-electron chi connectivity index (χ1n) is 4.39. The fraction of sp³-hybridized carbons (Fsp3) is 0.222. The largest absolute Gasteiger partial charge is 0.360 e. The van der Waals surface area contributed by atoms with Crippen LogP contribution < -0.4 is 5.32 Å². The van der Waals surface area contributed by atoms with Gasteiger partial charge in [-0.1, -0.05) is 11.6 Å². The zero-order valence-corrected chi connectivity index (χ0v) is 9.59. The highest BCUT2D eigenvalue weighted by atomic mass is 35.5. The second kappa shape index (κ2) is 4.55. The maximum absolute atomic E-state index is 5.73. The lowest BCUT2D eigenvalue weighted by atomic mass is 10.3. The van der Waals surface area contributed by atoms with Crippen molar-refractivity contribution in [3.05, 3.63) is 34.1 Å². The summed E-state index contributed by atoms with van der Waals surface area (Å²) in [5.74, 6) is 0.658. The number of aromatic nitrogens is 3. The molecule has 0 aliphatic heterocycles. The average molecular weight is 241 g/mol. The molecule has 0 aliphatic rings. The molecule has 0 aromatic carbocycles. The first-order chi connectivity index (χ1) is 7.25. The molecular weight excluding hydrogens is 232 g/mol. The minimum Gasteiger partial charge on any atom is -0.360 e. The molecule has 6 heteroatoms. The number of thiazole rings is 1. The Hall–Kier alpha value is -1.20. The Bertz CT molecular complexity index is 431. The second-order valence-electron chi connectivity index (χ2n) is 2.96. The van der Waals surface area contributed by atoms with E-state index in [2.05, 4.69) is 20.3 Å². The normalized spacial score (nSPS) is 12.4. The van der Waals surface area contributed by atoms with Gasteiger partial charge in [-0.05, 0) is 6.92 Å². The van der Waals surface area contributed by atoms with Crippen LogP contribution in [-0.4, -0.2) is 15.0 Å². The highest BCUT2D eigenvalue weighted by molar-refractivity contribution is 7.09. The zero-order chi connectivity index (χ0) is 10.7. The van der Waals surface area contributed by atoms with Crippen LogP contribution in [0.15, 0.2) is 24.0 Å². The number of halogens is 1. The molecule has 0 radical (unpaired) electrons. The summed E-state index contributed by atoms with van der Waals surface area (Å²) in [5.41, 5.74) is 0. The van der Waals surface area contributed by atoms with E-state index in [0.717, 1.165) is 5.01 Å². The summed E-state index contributed by atoms with van der Waals surface area (Å²) >= 11 is 7.33. The molecule has 0 bridgehead atoms. The third-order valence-electron chi connectivity index (χ3n) is 1.79. The standard InChI is InChI=1S/C9H9ClN4S/c1-6(9-12-2-3-15-9)13-8-5-11-4-7(10)14-8/h2-6H,1H3,(H,13,14). The van der Waals surface area contributed by atoms with E-state index >= 15 is 0 Å². The molecule has 0 saturated heterocycles. The van der Waals surface area contributed by atoms with Crippen molar-refractivity contribution in [2.45, 2.75) is 13.0 Å². The molecule has 2 aromatic heterocycles. The molecule has 1 N–H and O–H groups in total. The Morgan fingerprint density at radius 3 is 3.00 bits per heavy atom. The van der Waals surface area contributed by atoms with Crippen LogP contribution >= 0.6 is 22.9 Å². The van der Waals surface area contributed by atoms with Gasteiger partial charge in [-0.25, -0.2) is 9.97 Å². The maximum atomic E-state index is 5.73. The van der Waals surface area contributed by atoms with E-state index in [9.17, 15) is 0 Å². The highest BCUT2D eigenvalue weighted by Gasteiger charge is 2.08. The van der Waals surface area contributed by atoms with E-state index in [4.69, 9.17) is 11.6 Å². The van der Waals surface area contributed by atoms with Crippen molar-refractivity contribution in [2.75, 3.05) is 5.32 Å². The quantitative estimate of drug-likeness (QED) is 0.896. The Morgan fingerprint density at radius 2 is 2.33 bits per heavy atom. The number of hydrogen-bond donors (Lipinski definition) is 1. The van der Waals surface area contributed by atoms with Gasteiger partial charge in [-0.2, -0.15) is 0 Å². The Balaban J connectivity index is 2.09. The molecule has 2 heterocycles. The lowest BCUT2D eigenvalue weighted by molar-refractivity contribution is 0.858. The second-order valence-corrected chi connectivity index (χ2v) is 4.28. The summed E-state index contributed by atoms with van der Waals surface area (Å²) in [6.45, 7) is 2.02. The summed E-state index contributed by atoms with van der Waals surface area (Å²) in [5, 5.41) is 6.51. The van der Waals surface area contributed by atoms with E-state index in [1.807, 2.05) is 12.3 Å². The van der Waals surface area contributed by atoms with Gasteiger partial charge >= 0.3 is 0 Å². The molecule has 78 valence electrons. The summed E-state index contributed by atoms with van der Waals surface area (Å²) in [7, 11) is 0. The van der Waals surface area contributed by atoms with Crippen molar-refractivity contribution in [2.24, 2.45) is 0 Å². The third kappa shape index (κ3) is 2.64. The number of anilines is 1. The van der Waals surface area contributed by atoms with Crippen LogP contribution in [0.3, 0.4) is 0 Å². The van der Waals surface area contributed by atoms with E-state index in [0.29, 0.717) is 11.0 Å². The fourth-order valence-electron chi connectivity index (χ4n) is 1.14. The predicted octanol–water partition coefficient (Wildman–Crippen LogP) is 2.76. The number of rotatable bonds is 3. The monoisotopic (exact) mass is 240 g/mol. The predicted molar refractivity (Wildman–Crippen MR) is 61.2 cm³/mol. The molecule has 0 fully saturated rings. The molecule has 0 spiro atoms. The van der Waals surface area contributed by atoms with Gasteiger partial charge < -0.3 is 5.32 Å². The van der Waals surface area contributed by atoms with Gasteiger partial charge in [0.1, 0.15) is 16.0 Å². The molecule has 15 heavy (non-hydrogen) atoms. The van der Waals surface area contributed by atoms with Gasteiger partial charge in [0.15, 0.2) is 0 Å². The van der Waals surface area contributed by atoms with Gasteiger partial charge in [0.2, 0.25) is 0 Å². The molecule has 4 nitrogen and oxygen atoms in total. The lowest BCUT2D eigenvalue weighted by Gasteiger charge is -2.10. The van der Waals surface area contributed by atoms with Crippen molar-refractivity contribution in [3.63, 3.8) is 0 Å². The molecular formula is C9H9ClN4S. The van der Waals surface area contributed by atoms with Crippen molar-refractivity contribution in [3.8, 4) is 0 Å². The van der Waals surface area contributed by atoms with Crippen LogP contribution in [0.1, 0.15) is 18.0 Å². The van der Waals surface area contributed by atoms with Gasteiger partial charge in [-0.15, -0.1) is 11.3 Å². The van der Waals surface area contributed by atoms with Crippen LogP contribution in [0.2, 0.25) is 5.15 Å². The molecule has 2 aromatic rings. The van der Waals surface area contributed by atoms with E-state index in [-0.39, 0.29) is 6.04 Å². The van der Waals surface area contributed by atoms with Crippen LogP contribution in [0.5, 0.6) is 0 Å². The number of nitrogens with zero attached hydrogens (tertiary/aromatic N) is 3. The van der Waals surface area contributed by atoms with Gasteiger partial charge in [0, 0.05) is 11.6 Å². The third-order valence-corrected chi connectivity index (χ3v) is 2.93. The van der Waals surface area contributed by atoms with E-state index in [1.165, 1.54) is 6.20 Å². The summed E-state index contributed by atoms with van der Waals surface area (Å²) in [6, 6.07) is 0.109. The lowest BCUT2D eigenvalue weighted by Crippen LogP contribution is -2.07. The Morgan fingerprint density at radius 1 is 1.47 bits per heavy atom. The minimum atomic E-state index is 0.109. The Kier molecular flexibility index (Phi) is 3.13. The molecule has 1 unspecified atom stereocenters. The fourth-order valence-corrected chi connectivity index (χ4v) is 1.94. The highest BCUT2D eigenvalue weighted by Crippen LogP contribution is 2.19. The number of hydrogen-bond acceptors (Lipinski definition) is 5. The van der Waals surface area contributed by atoms with Crippen LogP contribution in [0.25, 0.3) is 0 Å². The summed E-state index contributed by atoms with van der Waals surface area (Å²) in [6.07, 6.45) is 4.92. The van der Waals surface area contributed by atoms with Crippen molar-refractivity contribution >= 4 is 28.8 Å². The van der Waals surface area contributed by atoms with E-state index < -0.39 is 0 Å². The van der Waals surface area contributed by atoms with Crippen molar-refractivity contribution < 1.29 is 0 Å². The van der Waals surface area contributed by atoms with Gasteiger partial charge in [0.05, 0.1) is 18.4 Å². The SMILES string of the molecule is CC(Nc1cncc(Cl)n1)c1nccs1. The number of nitrogens with one attached hydrogen (secondary N) is 1. The molecule has 0 aliphatic carbocycles. The topological polar surface area (TPSA) is 50.7 Å². The van der Waals surface area contributed by atoms with Gasteiger partial charge in [-0.3, -0.25) is 4.98 Å². The maximum Gasteiger partial charge on any atom is 0.149 e. The summed E-state index contributed by atoms with van der Waals surface area (Å²) < 4.78 is 0. The molecule has 0 amide bonds. The first kappa shape index (κ1) is 10.3. The van der Waals surface area contributed by atoms with Crippen LogP contribution in [0.4, 0.5) is 5.82 Å². The first-order valence-corrected chi connectivity index (χ1v) is 5.65. The molecule has 0 saturated carbocycles. The van der Waals surface area contributed by atoms with Crippen molar-refractivity contribution in [1.29, 1.82) is 0 Å². The Labute approximate surface area is 96.4 Å². The molecule has 1 atom stereocenters. The van der Waals surface area contributed by atoms with Gasteiger partial charge in [0.25, 0.3) is 0 Å². The van der Waals surface area contributed by atoms with Crippen molar-refractivity contribution in [1.82, 2.24) is 15.0 Å². The van der Waals surface area contributed by atoms with Crippen LogP contribution in [0, 0.1) is 0 Å².